The van der Waals surface area contributed by atoms with E-state index in [2.05, 4.69) is 20.8 Å². The lowest BCUT2D eigenvalue weighted by Crippen LogP contribution is -3.00. The van der Waals surface area contributed by atoms with Gasteiger partial charge in [-0.05, 0) is 31.7 Å². The van der Waals surface area contributed by atoms with Gasteiger partial charge in [-0.15, -0.1) is 0 Å². The molecule has 0 radical (unpaired) electrons. The minimum atomic E-state index is -0.215. The van der Waals surface area contributed by atoms with Gasteiger partial charge < -0.3 is 21.3 Å². The molecule has 0 aromatic carbocycles. The minimum Gasteiger partial charge on any atom is -1.00 e. The molecule has 20 heavy (non-hydrogen) atoms. The SMILES string of the molecule is CCCC[N+](CCCC)(CCCC)CCC[SiH2]OC.[Cl-]. The Balaban J connectivity index is 0. The maximum atomic E-state index is 5.33. The summed E-state index contributed by atoms with van der Waals surface area (Å²) in [6, 6.07) is 1.36. The van der Waals surface area contributed by atoms with Gasteiger partial charge in [0.2, 0.25) is 0 Å². The van der Waals surface area contributed by atoms with Crippen LogP contribution in [0.15, 0.2) is 0 Å². The van der Waals surface area contributed by atoms with E-state index in [0.717, 1.165) is 0 Å². The topological polar surface area (TPSA) is 9.23 Å². The third kappa shape index (κ3) is 11.1. The zero-order valence-electron chi connectivity index (χ0n) is 14.4. The van der Waals surface area contributed by atoms with Crippen molar-refractivity contribution in [1.29, 1.82) is 0 Å². The smallest absolute Gasteiger partial charge is 0.161 e. The standard InChI is InChI=1S/C16H38NOSi.ClH/c1-5-8-12-17(13-9-6-2,14-10-7-3)15-11-16-19-18-4;/h5-16,19H2,1-4H3;1H/q+1;/p-1. The van der Waals surface area contributed by atoms with Crippen LogP contribution in [-0.2, 0) is 4.43 Å². The number of unbranched alkanes of at least 4 members (excludes halogenated alkanes) is 3. The maximum Gasteiger partial charge on any atom is 0.161 e. The summed E-state index contributed by atoms with van der Waals surface area (Å²) in [5.74, 6) is 0. The van der Waals surface area contributed by atoms with Gasteiger partial charge >= 0.3 is 0 Å². The van der Waals surface area contributed by atoms with Crippen LogP contribution in [0, 0.1) is 0 Å². The molecule has 2 nitrogen and oxygen atoms in total. The molecule has 0 aromatic heterocycles. The predicted molar refractivity (Wildman–Crippen MR) is 89.4 cm³/mol. The van der Waals surface area contributed by atoms with Crippen LogP contribution in [0.3, 0.4) is 0 Å². The van der Waals surface area contributed by atoms with Gasteiger partial charge in [-0.3, -0.25) is 0 Å². The molecule has 0 unspecified atom stereocenters. The van der Waals surface area contributed by atoms with E-state index in [9.17, 15) is 0 Å². The van der Waals surface area contributed by atoms with Crippen LogP contribution in [0.25, 0.3) is 0 Å². The molecule has 0 fully saturated rings. The predicted octanol–water partition coefficient (Wildman–Crippen LogP) is 0.746. The largest absolute Gasteiger partial charge is 1.00 e. The van der Waals surface area contributed by atoms with E-state index in [-0.39, 0.29) is 22.2 Å². The van der Waals surface area contributed by atoms with Gasteiger partial charge in [0.1, 0.15) is 0 Å². The zero-order valence-corrected chi connectivity index (χ0v) is 16.6. The first-order valence-corrected chi connectivity index (χ1v) is 10.2. The third-order valence-corrected chi connectivity index (χ3v) is 5.39. The minimum absolute atomic E-state index is 0. The van der Waals surface area contributed by atoms with E-state index in [1.165, 1.54) is 81.7 Å². The highest BCUT2D eigenvalue weighted by Gasteiger charge is 2.24. The van der Waals surface area contributed by atoms with Crippen LogP contribution in [0.1, 0.15) is 65.7 Å². The third-order valence-electron chi connectivity index (χ3n) is 4.19. The Morgan fingerprint density at radius 2 is 1.15 bits per heavy atom. The molecule has 0 N–H and O–H groups in total. The molecule has 4 heteroatoms. The molecule has 124 valence electrons. The van der Waals surface area contributed by atoms with Gasteiger partial charge in [-0.25, -0.2) is 0 Å². The van der Waals surface area contributed by atoms with Crippen molar-refractivity contribution in [2.75, 3.05) is 33.3 Å². The monoisotopic (exact) mass is 323 g/mol. The molecule has 0 saturated carbocycles. The number of quaternary nitrogens is 1. The van der Waals surface area contributed by atoms with Crippen molar-refractivity contribution < 1.29 is 21.3 Å². The zero-order chi connectivity index (χ0) is 14.4. The van der Waals surface area contributed by atoms with Crippen molar-refractivity contribution in [3.05, 3.63) is 0 Å². The molecule has 0 saturated heterocycles. The van der Waals surface area contributed by atoms with Gasteiger partial charge in [-0.1, -0.05) is 40.0 Å². The van der Waals surface area contributed by atoms with E-state index in [1.807, 2.05) is 7.11 Å². The van der Waals surface area contributed by atoms with Crippen LogP contribution in [0.4, 0.5) is 0 Å². The van der Waals surface area contributed by atoms with Crippen molar-refractivity contribution >= 4 is 9.76 Å². The summed E-state index contributed by atoms with van der Waals surface area (Å²) in [7, 11) is 1.66. The molecule has 0 aliphatic heterocycles. The summed E-state index contributed by atoms with van der Waals surface area (Å²) < 4.78 is 6.73. The van der Waals surface area contributed by atoms with Crippen molar-refractivity contribution in [2.24, 2.45) is 0 Å². The number of hydrogen-bond acceptors (Lipinski definition) is 1. The Morgan fingerprint density at radius 1 is 0.750 bits per heavy atom. The second-order valence-electron chi connectivity index (χ2n) is 6.00. The maximum absolute atomic E-state index is 5.33. The van der Waals surface area contributed by atoms with Crippen molar-refractivity contribution in [3.63, 3.8) is 0 Å². The van der Waals surface area contributed by atoms with Crippen molar-refractivity contribution in [3.8, 4) is 0 Å². The second kappa shape index (κ2) is 15.8. The second-order valence-corrected chi connectivity index (χ2v) is 7.69. The highest BCUT2D eigenvalue weighted by molar-refractivity contribution is 6.26. The fourth-order valence-electron chi connectivity index (χ4n) is 2.85. The Morgan fingerprint density at radius 3 is 1.50 bits per heavy atom. The van der Waals surface area contributed by atoms with Crippen LogP contribution in [0.5, 0.6) is 0 Å². The summed E-state index contributed by atoms with van der Waals surface area (Å²) in [5, 5.41) is 0. The number of nitrogens with zero attached hydrogens (tertiary/aromatic N) is 1. The Kier molecular flexibility index (Phi) is 17.9. The van der Waals surface area contributed by atoms with Crippen LogP contribution >= 0.6 is 0 Å². The normalized spacial score (nSPS) is 12.0. The first-order valence-electron chi connectivity index (χ1n) is 8.58. The molecular formula is C16H38ClNOSi. The quantitative estimate of drug-likeness (QED) is 0.260. The fourth-order valence-corrected chi connectivity index (χ4v) is 3.56. The van der Waals surface area contributed by atoms with Gasteiger partial charge in [0.15, 0.2) is 9.76 Å². The van der Waals surface area contributed by atoms with Crippen molar-refractivity contribution in [2.45, 2.75) is 71.8 Å². The molecule has 0 aliphatic rings. The first-order chi connectivity index (χ1) is 9.24. The Hall–Kier alpha value is 0.427. The molecule has 0 aromatic rings. The number of rotatable bonds is 14. The summed E-state index contributed by atoms with van der Waals surface area (Å²) >= 11 is 0. The summed E-state index contributed by atoms with van der Waals surface area (Å²) in [4.78, 5) is 0. The van der Waals surface area contributed by atoms with Gasteiger partial charge in [0.25, 0.3) is 0 Å². The average molecular weight is 324 g/mol. The highest BCUT2D eigenvalue weighted by Crippen LogP contribution is 2.16. The fraction of sp³-hybridized carbons (Fsp3) is 1.00. The van der Waals surface area contributed by atoms with Gasteiger partial charge in [0, 0.05) is 7.11 Å². The Bertz CT molecular complexity index is 172. The molecule has 0 spiro atoms. The van der Waals surface area contributed by atoms with E-state index in [1.54, 1.807) is 0 Å². The lowest BCUT2D eigenvalue weighted by atomic mass is 10.1. The molecule has 0 atom stereocenters. The van der Waals surface area contributed by atoms with E-state index >= 15 is 0 Å². The summed E-state index contributed by atoms with van der Waals surface area (Å²) in [5.41, 5.74) is 0. The molecule has 0 aliphatic carbocycles. The van der Waals surface area contributed by atoms with Crippen LogP contribution in [0.2, 0.25) is 6.04 Å². The molecular weight excluding hydrogens is 286 g/mol. The Labute approximate surface area is 136 Å². The first kappa shape index (κ1) is 22.7. The molecule has 0 heterocycles. The van der Waals surface area contributed by atoms with E-state index in [0.29, 0.717) is 0 Å². The number of halogens is 1. The molecule has 0 amide bonds. The van der Waals surface area contributed by atoms with Gasteiger partial charge in [-0.2, -0.15) is 0 Å². The van der Waals surface area contributed by atoms with E-state index in [4.69, 9.17) is 4.43 Å². The average Bonchev–Trinajstić information content (AvgIpc) is 2.44. The lowest BCUT2D eigenvalue weighted by molar-refractivity contribution is -0.928. The van der Waals surface area contributed by atoms with E-state index < -0.39 is 0 Å². The van der Waals surface area contributed by atoms with Crippen LogP contribution < -0.4 is 12.4 Å². The van der Waals surface area contributed by atoms with Crippen LogP contribution in [-0.4, -0.2) is 47.5 Å². The molecule has 0 bridgehead atoms. The van der Waals surface area contributed by atoms with Gasteiger partial charge in [0.05, 0.1) is 26.2 Å². The number of hydrogen-bond donors (Lipinski definition) is 0. The van der Waals surface area contributed by atoms with Crippen molar-refractivity contribution in [1.82, 2.24) is 0 Å². The highest BCUT2D eigenvalue weighted by atomic mass is 35.5. The lowest BCUT2D eigenvalue weighted by Gasteiger charge is -2.39. The molecule has 0 rings (SSSR count). The summed E-state index contributed by atoms with van der Waals surface area (Å²) in [6.45, 7) is 12.6. The summed E-state index contributed by atoms with van der Waals surface area (Å²) in [6.07, 6.45) is 9.60.